The summed E-state index contributed by atoms with van der Waals surface area (Å²) < 4.78 is 31.2. The molecule has 2 aromatic heterocycles. The van der Waals surface area contributed by atoms with Gasteiger partial charge in [0.2, 0.25) is 0 Å². The molecule has 5 rings (SSSR count). The van der Waals surface area contributed by atoms with Crippen LogP contribution in [0.1, 0.15) is 5.69 Å². The van der Waals surface area contributed by atoms with E-state index < -0.39 is 9.84 Å². The van der Waals surface area contributed by atoms with Crippen molar-refractivity contribution in [2.75, 3.05) is 19.3 Å². The highest BCUT2D eigenvalue weighted by atomic mass is 32.2. The zero-order valence-corrected chi connectivity index (χ0v) is 19.9. The summed E-state index contributed by atoms with van der Waals surface area (Å²) in [5.74, 6) is 0.818. The highest BCUT2D eigenvalue weighted by molar-refractivity contribution is 7.90. The zero-order valence-electron chi connectivity index (χ0n) is 19.1. The molecule has 174 valence electrons. The Morgan fingerprint density at radius 3 is 2.29 bits per heavy atom. The number of hydrogen-bond acceptors (Lipinski definition) is 6. The minimum atomic E-state index is -3.30. The first-order chi connectivity index (χ1) is 16.3. The van der Waals surface area contributed by atoms with Crippen LogP contribution in [0, 0.1) is 0 Å². The molecule has 34 heavy (non-hydrogen) atoms. The van der Waals surface area contributed by atoms with E-state index in [0.29, 0.717) is 0 Å². The number of benzene rings is 2. The highest BCUT2D eigenvalue weighted by Gasteiger charge is 2.29. The molecule has 0 aliphatic carbocycles. The molecule has 0 N–H and O–H groups in total. The Kier molecular flexibility index (Phi) is 5.93. The van der Waals surface area contributed by atoms with Crippen molar-refractivity contribution in [1.82, 2.24) is 19.7 Å². The second-order valence-electron chi connectivity index (χ2n) is 8.63. The second-order valence-corrected chi connectivity index (χ2v) is 10.6. The molecule has 0 unspecified atom stereocenters. The van der Waals surface area contributed by atoms with Crippen LogP contribution in [0.25, 0.3) is 22.4 Å². The normalized spacial score (nSPS) is 14.6. The topological polar surface area (TPSA) is 77.3 Å². The molecular weight excluding hydrogens is 448 g/mol. The Hall–Kier alpha value is -3.49. The van der Waals surface area contributed by atoms with Crippen molar-refractivity contribution < 1.29 is 13.2 Å². The molecule has 1 fully saturated rings. The van der Waals surface area contributed by atoms with E-state index >= 15 is 0 Å². The van der Waals surface area contributed by atoms with Crippen molar-refractivity contribution in [2.45, 2.75) is 17.7 Å². The maximum Gasteiger partial charge on any atom is 0.192 e. The van der Waals surface area contributed by atoms with Gasteiger partial charge in [-0.3, -0.25) is 9.58 Å². The predicted octanol–water partition coefficient (Wildman–Crippen LogP) is 3.82. The quantitative estimate of drug-likeness (QED) is 0.405. The van der Waals surface area contributed by atoms with E-state index in [1.54, 1.807) is 12.3 Å². The number of pyridine rings is 1. The summed E-state index contributed by atoms with van der Waals surface area (Å²) >= 11 is 0. The molecule has 1 saturated heterocycles. The Morgan fingerprint density at radius 1 is 0.941 bits per heavy atom. The number of ether oxygens (including phenoxy) is 1. The molecule has 0 radical (unpaired) electrons. The third-order valence-corrected chi connectivity index (χ3v) is 6.92. The number of aryl methyl sites for hydroxylation is 1. The lowest BCUT2D eigenvalue weighted by atomic mass is 10.1. The van der Waals surface area contributed by atoms with Crippen LogP contribution < -0.4 is 4.74 Å². The molecule has 1 aliphatic rings. The summed E-state index contributed by atoms with van der Waals surface area (Å²) in [6.45, 7) is 2.52. The van der Waals surface area contributed by atoms with Crippen LogP contribution in [0.2, 0.25) is 0 Å². The molecule has 0 saturated carbocycles. The average molecular weight is 475 g/mol. The summed E-state index contributed by atoms with van der Waals surface area (Å²) in [6, 6.07) is 23.5. The highest BCUT2D eigenvalue weighted by Crippen LogP contribution is 2.26. The van der Waals surface area contributed by atoms with Crippen LogP contribution in [-0.4, -0.2) is 53.5 Å². The Labute approximate surface area is 199 Å². The number of nitrogens with zero attached hydrogens (tertiary/aromatic N) is 4. The fourth-order valence-corrected chi connectivity index (χ4v) is 4.69. The molecular formula is C26H26N4O3S. The van der Waals surface area contributed by atoms with Gasteiger partial charge in [-0.1, -0.05) is 42.5 Å². The maximum atomic E-state index is 11.6. The number of sulfone groups is 1. The molecule has 0 spiro atoms. The Balaban J connectivity index is 1.14. The monoisotopic (exact) mass is 474 g/mol. The first-order valence-corrected chi connectivity index (χ1v) is 13.0. The first kappa shape index (κ1) is 22.3. The van der Waals surface area contributed by atoms with Crippen molar-refractivity contribution in [3.05, 3.63) is 84.7 Å². The molecule has 0 amide bonds. The maximum absolute atomic E-state index is 11.6. The molecule has 7 nitrogen and oxygen atoms in total. The molecule has 0 atom stereocenters. The number of hydrogen-bond donors (Lipinski definition) is 0. The van der Waals surface area contributed by atoms with Crippen LogP contribution >= 0.6 is 0 Å². The summed E-state index contributed by atoms with van der Waals surface area (Å²) in [7, 11) is -1.32. The molecule has 1 aliphatic heterocycles. The number of rotatable bonds is 7. The van der Waals surface area contributed by atoms with Gasteiger partial charge < -0.3 is 4.74 Å². The molecule has 8 heteroatoms. The smallest absolute Gasteiger partial charge is 0.192 e. The Bertz CT molecular complexity index is 1380. The van der Waals surface area contributed by atoms with Crippen molar-refractivity contribution in [3.8, 4) is 28.1 Å². The van der Waals surface area contributed by atoms with Crippen LogP contribution in [0.4, 0.5) is 0 Å². The van der Waals surface area contributed by atoms with E-state index in [0.717, 1.165) is 54.2 Å². The number of aromatic nitrogens is 3. The van der Waals surface area contributed by atoms with Gasteiger partial charge in [0, 0.05) is 44.7 Å². The SMILES string of the molecule is Cn1nc(CN2CC(Oc3ccc(-c4ccc(S(C)(=O)=O)nc4)cc3)C2)cc1-c1ccccc1. The van der Waals surface area contributed by atoms with Gasteiger partial charge in [0.25, 0.3) is 0 Å². The van der Waals surface area contributed by atoms with Gasteiger partial charge in [0.1, 0.15) is 11.9 Å². The summed E-state index contributed by atoms with van der Waals surface area (Å²) in [6.07, 6.45) is 2.89. The second kappa shape index (κ2) is 9.04. The standard InChI is InChI=1S/C26H26N4O3S/c1-29-25(20-6-4-3-5-7-20)14-22(28-29)16-30-17-24(18-30)33-23-11-8-19(9-12-23)21-10-13-26(27-15-21)34(2,31)32/h3-15,24H,16-18H2,1-2H3. The van der Waals surface area contributed by atoms with Crippen molar-refractivity contribution in [1.29, 1.82) is 0 Å². The molecule has 3 heterocycles. The third-order valence-electron chi connectivity index (χ3n) is 5.92. The van der Waals surface area contributed by atoms with Gasteiger partial charge in [-0.15, -0.1) is 0 Å². The van der Waals surface area contributed by atoms with Crippen LogP contribution in [0.15, 0.2) is 84.0 Å². The van der Waals surface area contributed by atoms with Gasteiger partial charge in [0.05, 0.1) is 11.4 Å². The van der Waals surface area contributed by atoms with E-state index in [9.17, 15) is 8.42 Å². The lowest BCUT2D eigenvalue weighted by molar-refractivity contribution is 0.0137. The van der Waals surface area contributed by atoms with Crippen LogP contribution in [0.5, 0.6) is 5.75 Å². The van der Waals surface area contributed by atoms with Crippen molar-refractivity contribution in [3.63, 3.8) is 0 Å². The zero-order chi connectivity index (χ0) is 23.7. The van der Waals surface area contributed by atoms with E-state index in [4.69, 9.17) is 4.74 Å². The van der Waals surface area contributed by atoms with Crippen molar-refractivity contribution >= 4 is 9.84 Å². The van der Waals surface area contributed by atoms with Gasteiger partial charge in [-0.2, -0.15) is 5.10 Å². The molecule has 2 aromatic carbocycles. The minimum Gasteiger partial charge on any atom is -0.488 e. The predicted molar refractivity (Wildman–Crippen MR) is 131 cm³/mol. The lowest BCUT2D eigenvalue weighted by Gasteiger charge is -2.38. The first-order valence-electron chi connectivity index (χ1n) is 11.1. The van der Waals surface area contributed by atoms with E-state index in [-0.39, 0.29) is 11.1 Å². The van der Waals surface area contributed by atoms with Crippen molar-refractivity contribution in [2.24, 2.45) is 7.05 Å². The summed E-state index contributed by atoms with van der Waals surface area (Å²) in [5.41, 5.74) is 5.16. The van der Waals surface area contributed by atoms with E-state index in [2.05, 4.69) is 33.2 Å². The third kappa shape index (κ3) is 4.88. The van der Waals surface area contributed by atoms with E-state index in [1.807, 2.05) is 54.2 Å². The molecule has 0 bridgehead atoms. The van der Waals surface area contributed by atoms with Crippen LogP contribution in [-0.2, 0) is 23.4 Å². The fourth-order valence-electron chi connectivity index (χ4n) is 4.13. The Morgan fingerprint density at radius 2 is 1.65 bits per heavy atom. The fraction of sp³-hybridized carbons (Fsp3) is 0.231. The largest absolute Gasteiger partial charge is 0.488 e. The van der Waals surface area contributed by atoms with E-state index in [1.165, 1.54) is 11.6 Å². The van der Waals surface area contributed by atoms with Gasteiger partial charge >= 0.3 is 0 Å². The molecule has 4 aromatic rings. The van der Waals surface area contributed by atoms with Crippen LogP contribution in [0.3, 0.4) is 0 Å². The summed E-state index contributed by atoms with van der Waals surface area (Å²) in [4.78, 5) is 6.38. The van der Waals surface area contributed by atoms with Gasteiger partial charge in [-0.25, -0.2) is 13.4 Å². The summed E-state index contributed by atoms with van der Waals surface area (Å²) in [5, 5.41) is 4.75. The van der Waals surface area contributed by atoms with Gasteiger partial charge in [-0.05, 0) is 41.5 Å². The van der Waals surface area contributed by atoms with Gasteiger partial charge in [0.15, 0.2) is 14.9 Å². The average Bonchev–Trinajstić information content (AvgIpc) is 3.18. The number of likely N-dealkylation sites (tertiary alicyclic amines) is 1. The minimum absolute atomic E-state index is 0.0766. The lowest BCUT2D eigenvalue weighted by Crippen LogP contribution is -2.53.